The van der Waals surface area contributed by atoms with E-state index in [0.717, 1.165) is 48.6 Å². The topological polar surface area (TPSA) is 77.7 Å². The maximum absolute atomic E-state index is 12.8. The van der Waals surface area contributed by atoms with Crippen molar-refractivity contribution in [2.24, 2.45) is 5.92 Å². The molecule has 2 N–H and O–H groups in total. The normalized spacial score (nSPS) is 17.1. The van der Waals surface area contributed by atoms with Gasteiger partial charge in [-0.15, -0.1) is 0 Å². The average molecular weight is 404 g/mol. The number of anilines is 2. The highest BCUT2D eigenvalue weighted by molar-refractivity contribution is 6.07. The molecule has 2 saturated heterocycles. The molecule has 0 aliphatic carbocycles. The predicted molar refractivity (Wildman–Crippen MR) is 116 cm³/mol. The van der Waals surface area contributed by atoms with Crippen LogP contribution in [0.2, 0.25) is 0 Å². The number of H-pyrrole nitrogens is 1. The van der Waals surface area contributed by atoms with E-state index in [2.05, 4.69) is 15.2 Å². The van der Waals surface area contributed by atoms with Crippen LogP contribution < -0.4 is 10.2 Å². The molecule has 3 aromatic rings. The molecule has 0 spiro atoms. The molecule has 2 fully saturated rings. The van der Waals surface area contributed by atoms with Crippen molar-refractivity contribution in [3.8, 4) is 0 Å². The van der Waals surface area contributed by atoms with E-state index in [1.165, 1.54) is 0 Å². The molecule has 2 amide bonds. The van der Waals surface area contributed by atoms with Gasteiger partial charge >= 0.3 is 0 Å². The molecule has 0 bridgehead atoms. The number of fused-ring (bicyclic) bond motifs is 1. The lowest BCUT2D eigenvalue weighted by Crippen LogP contribution is -2.54. The monoisotopic (exact) mass is 404 g/mol. The predicted octanol–water partition coefficient (Wildman–Crippen LogP) is 2.72. The number of rotatable bonds is 4. The Kier molecular flexibility index (Phi) is 4.88. The van der Waals surface area contributed by atoms with Crippen LogP contribution in [0.1, 0.15) is 10.4 Å². The third-order valence-electron chi connectivity index (χ3n) is 5.87. The smallest absolute Gasteiger partial charge is 0.256 e. The lowest BCUT2D eigenvalue weighted by Gasteiger charge is -2.38. The van der Waals surface area contributed by atoms with E-state index in [4.69, 9.17) is 4.74 Å². The zero-order valence-electron chi connectivity index (χ0n) is 16.6. The van der Waals surface area contributed by atoms with Crippen molar-refractivity contribution in [2.45, 2.75) is 0 Å². The number of likely N-dealkylation sites (tertiary alicyclic amines) is 1. The van der Waals surface area contributed by atoms with Crippen LogP contribution in [0.5, 0.6) is 0 Å². The molecular formula is C23H24N4O3. The number of nitrogens with zero attached hydrogens (tertiary/aromatic N) is 2. The van der Waals surface area contributed by atoms with Gasteiger partial charge in [-0.2, -0.15) is 0 Å². The Morgan fingerprint density at radius 2 is 1.73 bits per heavy atom. The number of ether oxygens (including phenoxy) is 1. The summed E-state index contributed by atoms with van der Waals surface area (Å²) in [6.45, 7) is 4.14. The Balaban J connectivity index is 1.16. The summed E-state index contributed by atoms with van der Waals surface area (Å²) < 4.78 is 5.38. The van der Waals surface area contributed by atoms with E-state index in [9.17, 15) is 9.59 Å². The molecule has 0 radical (unpaired) electrons. The average Bonchev–Trinajstić information content (AvgIpc) is 3.18. The van der Waals surface area contributed by atoms with Gasteiger partial charge in [-0.25, -0.2) is 0 Å². The summed E-state index contributed by atoms with van der Waals surface area (Å²) in [5, 5.41) is 3.88. The van der Waals surface area contributed by atoms with Gasteiger partial charge in [0.15, 0.2) is 0 Å². The molecule has 1 aromatic heterocycles. The van der Waals surface area contributed by atoms with E-state index >= 15 is 0 Å². The fourth-order valence-corrected chi connectivity index (χ4v) is 4.05. The highest BCUT2D eigenvalue weighted by Crippen LogP contribution is 2.25. The second kappa shape index (κ2) is 7.84. The SMILES string of the molecule is O=C(Nc1ccc(N2CCOCC2)cc1)C1CN(C(=O)c2c[nH]c3ccccc23)C1. The summed E-state index contributed by atoms with van der Waals surface area (Å²) >= 11 is 0. The number of aromatic nitrogens is 1. The number of nitrogens with one attached hydrogen (secondary N) is 2. The summed E-state index contributed by atoms with van der Waals surface area (Å²) in [7, 11) is 0. The molecule has 2 aliphatic rings. The molecule has 7 nitrogen and oxygen atoms in total. The number of benzene rings is 2. The van der Waals surface area contributed by atoms with Crippen LogP contribution in [0, 0.1) is 5.92 Å². The standard InChI is InChI=1S/C23H24N4O3/c28-22(25-17-5-7-18(8-6-17)26-9-11-30-12-10-26)16-14-27(15-16)23(29)20-13-24-21-4-2-1-3-19(20)21/h1-8,13,16,24H,9-12,14-15H2,(H,25,28). The summed E-state index contributed by atoms with van der Waals surface area (Å²) in [5.74, 6) is -0.262. The van der Waals surface area contributed by atoms with E-state index in [1.54, 1.807) is 11.1 Å². The Morgan fingerprint density at radius 3 is 2.50 bits per heavy atom. The number of hydrogen-bond acceptors (Lipinski definition) is 4. The molecule has 30 heavy (non-hydrogen) atoms. The number of carbonyl (C=O) groups excluding carboxylic acids is 2. The van der Waals surface area contributed by atoms with Gasteiger partial charge in [0.05, 0.1) is 24.7 Å². The van der Waals surface area contributed by atoms with Gasteiger partial charge in [-0.3, -0.25) is 9.59 Å². The Labute approximate surface area is 174 Å². The van der Waals surface area contributed by atoms with Crippen LogP contribution in [0.4, 0.5) is 11.4 Å². The molecule has 0 unspecified atom stereocenters. The minimum Gasteiger partial charge on any atom is -0.378 e. The quantitative estimate of drug-likeness (QED) is 0.701. The fourth-order valence-electron chi connectivity index (χ4n) is 4.05. The first kappa shape index (κ1) is 18.7. The van der Waals surface area contributed by atoms with E-state index in [1.807, 2.05) is 48.5 Å². The van der Waals surface area contributed by atoms with E-state index in [0.29, 0.717) is 18.7 Å². The van der Waals surface area contributed by atoms with Gasteiger partial charge in [0.1, 0.15) is 0 Å². The van der Waals surface area contributed by atoms with Crippen LogP contribution in [0.3, 0.4) is 0 Å². The van der Waals surface area contributed by atoms with Gasteiger partial charge in [-0.05, 0) is 30.3 Å². The third-order valence-corrected chi connectivity index (χ3v) is 5.87. The van der Waals surface area contributed by atoms with E-state index < -0.39 is 0 Å². The Morgan fingerprint density at radius 1 is 1.00 bits per heavy atom. The number of amides is 2. The third kappa shape index (κ3) is 3.52. The Hall–Kier alpha value is -3.32. The van der Waals surface area contributed by atoms with Crippen molar-refractivity contribution in [3.63, 3.8) is 0 Å². The molecule has 7 heteroatoms. The van der Waals surface area contributed by atoms with E-state index in [-0.39, 0.29) is 17.7 Å². The number of para-hydroxylation sites is 1. The van der Waals surface area contributed by atoms with Gasteiger partial charge in [0, 0.05) is 54.7 Å². The summed E-state index contributed by atoms with van der Waals surface area (Å²) in [5.41, 5.74) is 3.51. The van der Waals surface area contributed by atoms with Crippen LogP contribution in [0.15, 0.2) is 54.7 Å². The van der Waals surface area contributed by atoms with Gasteiger partial charge in [0.2, 0.25) is 5.91 Å². The van der Waals surface area contributed by atoms with Crippen molar-refractivity contribution in [3.05, 3.63) is 60.3 Å². The van der Waals surface area contributed by atoms with Crippen molar-refractivity contribution in [2.75, 3.05) is 49.6 Å². The van der Waals surface area contributed by atoms with Gasteiger partial charge < -0.3 is 24.8 Å². The minimum absolute atomic E-state index is 0.0358. The van der Waals surface area contributed by atoms with Crippen molar-refractivity contribution in [1.82, 2.24) is 9.88 Å². The van der Waals surface area contributed by atoms with Crippen LogP contribution in [0.25, 0.3) is 10.9 Å². The fraction of sp³-hybridized carbons (Fsp3) is 0.304. The second-order valence-electron chi connectivity index (χ2n) is 7.79. The minimum atomic E-state index is -0.182. The summed E-state index contributed by atoms with van der Waals surface area (Å²) in [6, 6.07) is 15.6. The molecule has 0 saturated carbocycles. The first-order valence-corrected chi connectivity index (χ1v) is 10.3. The zero-order chi connectivity index (χ0) is 20.5. The first-order chi connectivity index (χ1) is 14.7. The molecular weight excluding hydrogens is 380 g/mol. The second-order valence-corrected chi connectivity index (χ2v) is 7.79. The van der Waals surface area contributed by atoms with Gasteiger partial charge in [-0.1, -0.05) is 18.2 Å². The lowest BCUT2D eigenvalue weighted by atomic mass is 9.97. The largest absolute Gasteiger partial charge is 0.378 e. The van der Waals surface area contributed by atoms with Crippen molar-refractivity contribution < 1.29 is 14.3 Å². The van der Waals surface area contributed by atoms with Crippen LogP contribution in [-0.2, 0) is 9.53 Å². The maximum Gasteiger partial charge on any atom is 0.256 e. The highest BCUT2D eigenvalue weighted by atomic mass is 16.5. The Bertz CT molecular complexity index is 1060. The molecule has 0 atom stereocenters. The molecule has 2 aromatic carbocycles. The molecule has 3 heterocycles. The maximum atomic E-state index is 12.8. The van der Waals surface area contributed by atoms with Crippen molar-refractivity contribution >= 4 is 34.1 Å². The lowest BCUT2D eigenvalue weighted by molar-refractivity contribution is -0.123. The number of carbonyl (C=O) groups is 2. The van der Waals surface area contributed by atoms with Crippen LogP contribution >= 0.6 is 0 Å². The zero-order valence-corrected chi connectivity index (χ0v) is 16.6. The molecule has 2 aliphatic heterocycles. The molecule has 154 valence electrons. The van der Waals surface area contributed by atoms with Crippen molar-refractivity contribution in [1.29, 1.82) is 0 Å². The summed E-state index contributed by atoms with van der Waals surface area (Å²) in [4.78, 5) is 32.5. The number of aromatic amines is 1. The van der Waals surface area contributed by atoms with Crippen LogP contribution in [-0.4, -0.2) is 61.1 Å². The number of morpholine rings is 1. The highest BCUT2D eigenvalue weighted by Gasteiger charge is 2.36. The first-order valence-electron chi connectivity index (χ1n) is 10.3. The molecule has 5 rings (SSSR count). The number of hydrogen-bond donors (Lipinski definition) is 2. The van der Waals surface area contributed by atoms with Gasteiger partial charge in [0.25, 0.3) is 5.91 Å². The summed E-state index contributed by atoms with van der Waals surface area (Å²) in [6.07, 6.45) is 1.75.